The second-order valence-corrected chi connectivity index (χ2v) is 8.59. The minimum atomic E-state index is -2.95. The van der Waals surface area contributed by atoms with Crippen LogP contribution in [0.25, 0.3) is 0 Å². The summed E-state index contributed by atoms with van der Waals surface area (Å²) in [7, 11) is -2.95. The van der Waals surface area contributed by atoms with E-state index >= 15 is 0 Å². The van der Waals surface area contributed by atoms with Gasteiger partial charge in [0, 0.05) is 6.42 Å². The van der Waals surface area contributed by atoms with Crippen molar-refractivity contribution in [3.05, 3.63) is 0 Å². The number of hydrogen-bond acceptors (Lipinski definition) is 3. The SMILES string of the molecule is CC1(C)CC2CS(=O)(=O)CC(C1)C2CC(=O)O. The van der Waals surface area contributed by atoms with Gasteiger partial charge >= 0.3 is 5.97 Å². The number of carboxylic acids is 1. The molecular weight excluding hydrogens is 240 g/mol. The Kier molecular flexibility index (Phi) is 3.00. The lowest BCUT2D eigenvalue weighted by atomic mass is 9.62. The molecule has 1 aliphatic carbocycles. The number of sulfone groups is 1. The highest BCUT2D eigenvalue weighted by Crippen LogP contribution is 2.50. The van der Waals surface area contributed by atoms with Crippen LogP contribution in [0, 0.1) is 23.2 Å². The van der Waals surface area contributed by atoms with Gasteiger partial charge in [0.05, 0.1) is 11.5 Å². The Labute approximate surface area is 102 Å². The lowest BCUT2D eigenvalue weighted by Crippen LogP contribution is -2.48. The lowest BCUT2D eigenvalue weighted by Gasteiger charge is -2.48. The minimum absolute atomic E-state index is 0.0404. The summed E-state index contributed by atoms with van der Waals surface area (Å²) < 4.78 is 23.5. The van der Waals surface area contributed by atoms with Crippen LogP contribution in [0.1, 0.15) is 33.1 Å². The van der Waals surface area contributed by atoms with Gasteiger partial charge in [-0.1, -0.05) is 13.8 Å². The quantitative estimate of drug-likeness (QED) is 0.818. The van der Waals surface area contributed by atoms with E-state index in [1.165, 1.54) is 0 Å². The van der Waals surface area contributed by atoms with E-state index in [1.807, 2.05) is 0 Å². The Bertz CT molecular complexity index is 400. The van der Waals surface area contributed by atoms with Crippen LogP contribution in [0.2, 0.25) is 0 Å². The number of hydrogen-bond donors (Lipinski definition) is 1. The van der Waals surface area contributed by atoms with E-state index in [-0.39, 0.29) is 41.1 Å². The van der Waals surface area contributed by atoms with Crippen LogP contribution in [0.4, 0.5) is 0 Å². The van der Waals surface area contributed by atoms with Gasteiger partial charge in [0.2, 0.25) is 0 Å². The monoisotopic (exact) mass is 260 g/mol. The van der Waals surface area contributed by atoms with Gasteiger partial charge in [-0.3, -0.25) is 4.79 Å². The Morgan fingerprint density at radius 1 is 1.24 bits per heavy atom. The number of carboxylic acid groups (broad SMARTS) is 1. The Morgan fingerprint density at radius 3 is 2.12 bits per heavy atom. The average molecular weight is 260 g/mol. The zero-order valence-corrected chi connectivity index (χ0v) is 11.2. The van der Waals surface area contributed by atoms with Gasteiger partial charge in [-0.05, 0) is 36.0 Å². The highest BCUT2D eigenvalue weighted by atomic mass is 32.2. The first-order valence-electron chi connectivity index (χ1n) is 6.11. The van der Waals surface area contributed by atoms with Crippen LogP contribution < -0.4 is 0 Å². The number of rotatable bonds is 2. The molecule has 0 spiro atoms. The summed E-state index contributed by atoms with van der Waals surface area (Å²) in [6.45, 7) is 4.31. The van der Waals surface area contributed by atoms with E-state index in [1.54, 1.807) is 0 Å². The first kappa shape index (κ1) is 12.9. The van der Waals surface area contributed by atoms with E-state index in [4.69, 9.17) is 5.11 Å². The van der Waals surface area contributed by atoms with E-state index in [9.17, 15) is 13.2 Å². The average Bonchev–Trinajstić information content (AvgIpc) is 2.05. The van der Waals surface area contributed by atoms with E-state index in [0.29, 0.717) is 0 Å². The molecule has 0 radical (unpaired) electrons. The molecular formula is C12H20O4S. The molecule has 4 nitrogen and oxygen atoms in total. The lowest BCUT2D eigenvalue weighted by molar-refractivity contribution is -0.140. The molecule has 0 aromatic heterocycles. The zero-order valence-electron chi connectivity index (χ0n) is 10.3. The molecule has 2 aliphatic rings. The molecule has 1 saturated carbocycles. The second-order valence-electron chi connectivity index (χ2n) is 6.43. The summed E-state index contributed by atoms with van der Waals surface area (Å²) in [5, 5.41) is 8.93. The summed E-state index contributed by atoms with van der Waals surface area (Å²) in [6, 6.07) is 0. The van der Waals surface area contributed by atoms with Gasteiger partial charge < -0.3 is 5.11 Å². The molecule has 0 aromatic carbocycles. The predicted molar refractivity (Wildman–Crippen MR) is 64.4 cm³/mol. The maximum atomic E-state index is 11.8. The van der Waals surface area contributed by atoms with Crippen LogP contribution in [0.5, 0.6) is 0 Å². The normalized spacial score (nSPS) is 38.6. The molecule has 2 fully saturated rings. The van der Waals surface area contributed by atoms with Gasteiger partial charge in [-0.2, -0.15) is 0 Å². The molecule has 5 heteroatoms. The summed E-state index contributed by atoms with van der Waals surface area (Å²) >= 11 is 0. The summed E-state index contributed by atoms with van der Waals surface area (Å²) in [5.41, 5.74) is 0.153. The smallest absolute Gasteiger partial charge is 0.303 e. The first-order chi connectivity index (χ1) is 7.69. The van der Waals surface area contributed by atoms with Gasteiger partial charge in [-0.25, -0.2) is 8.42 Å². The van der Waals surface area contributed by atoms with Crippen molar-refractivity contribution in [2.24, 2.45) is 23.2 Å². The van der Waals surface area contributed by atoms with Crippen LogP contribution in [-0.4, -0.2) is 31.0 Å². The predicted octanol–water partition coefficient (Wildman–Crippen LogP) is 1.56. The topological polar surface area (TPSA) is 71.4 Å². The largest absolute Gasteiger partial charge is 0.481 e. The van der Waals surface area contributed by atoms with Crippen molar-refractivity contribution < 1.29 is 18.3 Å². The maximum absolute atomic E-state index is 11.8. The van der Waals surface area contributed by atoms with Crippen molar-refractivity contribution in [1.29, 1.82) is 0 Å². The minimum Gasteiger partial charge on any atom is -0.481 e. The number of aliphatic carboxylic acids is 1. The summed E-state index contributed by atoms with van der Waals surface area (Å²) in [4.78, 5) is 10.9. The molecule has 1 heterocycles. The van der Waals surface area contributed by atoms with Gasteiger partial charge in [0.25, 0.3) is 0 Å². The van der Waals surface area contributed by atoms with Crippen LogP contribution in [0.15, 0.2) is 0 Å². The Balaban J connectivity index is 2.25. The number of carbonyl (C=O) groups is 1. The van der Waals surface area contributed by atoms with Crippen LogP contribution >= 0.6 is 0 Å². The fourth-order valence-corrected chi connectivity index (χ4v) is 5.98. The van der Waals surface area contributed by atoms with Gasteiger partial charge in [-0.15, -0.1) is 0 Å². The van der Waals surface area contributed by atoms with Crippen molar-refractivity contribution in [3.8, 4) is 0 Å². The molecule has 2 rings (SSSR count). The molecule has 0 amide bonds. The third kappa shape index (κ3) is 2.81. The molecule has 1 N–H and O–H groups in total. The highest BCUT2D eigenvalue weighted by Gasteiger charge is 2.48. The van der Waals surface area contributed by atoms with Crippen molar-refractivity contribution >= 4 is 15.8 Å². The van der Waals surface area contributed by atoms with E-state index in [2.05, 4.69) is 13.8 Å². The highest BCUT2D eigenvalue weighted by molar-refractivity contribution is 7.91. The molecule has 2 unspecified atom stereocenters. The van der Waals surface area contributed by atoms with E-state index in [0.717, 1.165) is 12.8 Å². The zero-order chi connectivity index (χ0) is 12.8. The van der Waals surface area contributed by atoms with Crippen molar-refractivity contribution in [1.82, 2.24) is 0 Å². The third-order valence-corrected chi connectivity index (χ3v) is 6.06. The summed E-state index contributed by atoms with van der Waals surface area (Å²) in [6.07, 6.45) is 1.79. The standard InChI is InChI=1S/C12H20O4S/c1-12(2)4-8-6-17(15,16)7-9(5-12)10(8)3-11(13)14/h8-10H,3-7H2,1-2H3,(H,13,14). The van der Waals surface area contributed by atoms with Crippen molar-refractivity contribution in [3.63, 3.8) is 0 Å². The van der Waals surface area contributed by atoms with Gasteiger partial charge in [0.15, 0.2) is 9.84 Å². The second kappa shape index (κ2) is 3.97. The molecule has 17 heavy (non-hydrogen) atoms. The summed E-state index contributed by atoms with van der Waals surface area (Å²) in [5.74, 6) is -0.291. The van der Waals surface area contributed by atoms with Crippen molar-refractivity contribution in [2.75, 3.05) is 11.5 Å². The van der Waals surface area contributed by atoms with Crippen molar-refractivity contribution in [2.45, 2.75) is 33.1 Å². The molecule has 1 saturated heterocycles. The molecule has 98 valence electrons. The third-order valence-electron chi connectivity index (χ3n) is 4.19. The van der Waals surface area contributed by atoms with E-state index < -0.39 is 15.8 Å². The van der Waals surface area contributed by atoms with Gasteiger partial charge in [0.1, 0.15) is 0 Å². The fourth-order valence-electron chi connectivity index (χ4n) is 3.81. The molecule has 2 atom stereocenters. The van der Waals surface area contributed by atoms with Crippen LogP contribution in [-0.2, 0) is 14.6 Å². The fraction of sp³-hybridized carbons (Fsp3) is 0.917. The molecule has 2 bridgehead atoms. The number of fused-ring (bicyclic) bond motifs is 2. The molecule has 0 aromatic rings. The van der Waals surface area contributed by atoms with Crippen LogP contribution in [0.3, 0.4) is 0 Å². The molecule has 1 aliphatic heterocycles. The Morgan fingerprint density at radius 2 is 1.71 bits per heavy atom. The Hall–Kier alpha value is -0.580. The first-order valence-corrected chi connectivity index (χ1v) is 7.93. The maximum Gasteiger partial charge on any atom is 0.303 e.